The highest BCUT2D eigenvalue weighted by Gasteiger charge is 2.04. The molecule has 0 saturated carbocycles. The van der Waals surface area contributed by atoms with Crippen LogP contribution in [0.5, 0.6) is 0 Å². The number of nitriles is 1. The van der Waals surface area contributed by atoms with Gasteiger partial charge in [0.25, 0.3) is 0 Å². The Morgan fingerprint density at radius 2 is 2.12 bits per heavy atom. The summed E-state index contributed by atoms with van der Waals surface area (Å²) in [5.41, 5.74) is 7.35. The van der Waals surface area contributed by atoms with E-state index in [1.165, 1.54) is 0 Å². The summed E-state index contributed by atoms with van der Waals surface area (Å²) in [6, 6.07) is 10.1. The van der Waals surface area contributed by atoms with Crippen LogP contribution in [0.2, 0.25) is 0 Å². The first-order valence-electron chi connectivity index (χ1n) is 5.55. The number of benzene rings is 1. The monoisotopic (exact) mass is 213 g/mol. The van der Waals surface area contributed by atoms with E-state index in [0.717, 1.165) is 42.4 Å². The third kappa shape index (κ3) is 1.93. The highest BCUT2D eigenvalue weighted by Crippen LogP contribution is 2.19. The van der Waals surface area contributed by atoms with Crippen LogP contribution in [0.25, 0.3) is 10.9 Å². The molecular formula is C13H15N3. The quantitative estimate of drug-likeness (QED) is 0.792. The number of nitrogens with zero attached hydrogens (tertiary/aromatic N) is 2. The lowest BCUT2D eigenvalue weighted by atomic mass is 10.1. The van der Waals surface area contributed by atoms with Gasteiger partial charge >= 0.3 is 0 Å². The number of fused-ring (bicyclic) bond motifs is 1. The van der Waals surface area contributed by atoms with Crippen molar-refractivity contribution < 1.29 is 0 Å². The Morgan fingerprint density at radius 1 is 1.25 bits per heavy atom. The van der Waals surface area contributed by atoms with Crippen molar-refractivity contribution in [1.82, 2.24) is 4.57 Å². The summed E-state index contributed by atoms with van der Waals surface area (Å²) in [6.07, 6.45) is 4.16. The van der Waals surface area contributed by atoms with Crippen LogP contribution in [-0.4, -0.2) is 11.1 Å². The van der Waals surface area contributed by atoms with E-state index in [1.54, 1.807) is 0 Å². The fraction of sp³-hybridized carbons (Fsp3) is 0.308. The molecule has 0 bridgehead atoms. The van der Waals surface area contributed by atoms with Crippen molar-refractivity contribution in [3.05, 3.63) is 36.0 Å². The van der Waals surface area contributed by atoms with E-state index in [1.807, 2.05) is 24.4 Å². The third-order valence-corrected chi connectivity index (χ3v) is 2.79. The smallest absolute Gasteiger partial charge is 0.0998 e. The number of unbranched alkanes of at least 4 members (excludes halogenated alkanes) is 1. The third-order valence-electron chi connectivity index (χ3n) is 2.79. The van der Waals surface area contributed by atoms with Crippen LogP contribution in [0.3, 0.4) is 0 Å². The minimum Gasteiger partial charge on any atom is -0.347 e. The topological polar surface area (TPSA) is 54.7 Å². The lowest BCUT2D eigenvalue weighted by Crippen LogP contribution is -2.02. The molecule has 0 amide bonds. The van der Waals surface area contributed by atoms with Gasteiger partial charge in [0.2, 0.25) is 0 Å². The lowest BCUT2D eigenvalue weighted by molar-refractivity contribution is 0.630. The van der Waals surface area contributed by atoms with Crippen LogP contribution < -0.4 is 5.73 Å². The maximum atomic E-state index is 8.98. The first-order chi connectivity index (χ1) is 7.86. The van der Waals surface area contributed by atoms with Crippen LogP contribution in [0, 0.1) is 11.3 Å². The molecule has 0 atom stereocenters. The Kier molecular flexibility index (Phi) is 3.23. The zero-order valence-electron chi connectivity index (χ0n) is 9.19. The van der Waals surface area contributed by atoms with Gasteiger partial charge in [-0.15, -0.1) is 0 Å². The molecule has 0 aliphatic carbocycles. The predicted octanol–water partition coefficient (Wildman–Crippen LogP) is 2.25. The van der Waals surface area contributed by atoms with E-state index in [-0.39, 0.29) is 0 Å². The molecule has 0 spiro atoms. The maximum absolute atomic E-state index is 8.98. The number of nitrogens with two attached hydrogens (primary N) is 1. The van der Waals surface area contributed by atoms with E-state index in [0.29, 0.717) is 0 Å². The number of rotatable bonds is 4. The molecule has 2 rings (SSSR count). The lowest BCUT2D eigenvalue weighted by Gasteiger charge is -2.04. The molecule has 0 unspecified atom stereocenters. The zero-order chi connectivity index (χ0) is 11.4. The second-order valence-electron chi connectivity index (χ2n) is 3.86. The average molecular weight is 213 g/mol. The van der Waals surface area contributed by atoms with Gasteiger partial charge in [0.1, 0.15) is 0 Å². The minimum atomic E-state index is 0.739. The second kappa shape index (κ2) is 4.82. The molecule has 0 radical (unpaired) electrons. The fourth-order valence-electron chi connectivity index (χ4n) is 1.94. The van der Waals surface area contributed by atoms with Gasteiger partial charge in [-0.05, 0) is 37.6 Å². The summed E-state index contributed by atoms with van der Waals surface area (Å²) in [5.74, 6) is 0. The van der Waals surface area contributed by atoms with E-state index < -0.39 is 0 Å². The van der Waals surface area contributed by atoms with Gasteiger partial charge in [-0.3, -0.25) is 0 Å². The van der Waals surface area contributed by atoms with Gasteiger partial charge in [-0.1, -0.05) is 6.07 Å². The van der Waals surface area contributed by atoms with Crippen LogP contribution in [0.15, 0.2) is 30.5 Å². The van der Waals surface area contributed by atoms with Gasteiger partial charge in [0.15, 0.2) is 0 Å². The highest BCUT2D eigenvalue weighted by molar-refractivity contribution is 5.85. The standard InChI is InChI=1S/C13H15N3/c14-7-1-2-8-16-9-6-12-11(10-15)4-3-5-13(12)16/h3-6,9H,1-2,7-8,14H2. The van der Waals surface area contributed by atoms with Crippen molar-refractivity contribution in [2.75, 3.05) is 6.54 Å². The Bertz CT molecular complexity index is 519. The van der Waals surface area contributed by atoms with Gasteiger partial charge in [-0.25, -0.2) is 0 Å². The Morgan fingerprint density at radius 3 is 2.88 bits per heavy atom. The Labute approximate surface area is 95.1 Å². The van der Waals surface area contributed by atoms with Crippen LogP contribution >= 0.6 is 0 Å². The molecule has 1 aromatic carbocycles. The predicted molar refractivity (Wildman–Crippen MR) is 64.9 cm³/mol. The molecule has 82 valence electrons. The zero-order valence-corrected chi connectivity index (χ0v) is 9.19. The molecule has 0 aliphatic heterocycles. The van der Waals surface area contributed by atoms with Gasteiger partial charge in [-0.2, -0.15) is 5.26 Å². The maximum Gasteiger partial charge on any atom is 0.0998 e. The molecule has 0 fully saturated rings. The van der Waals surface area contributed by atoms with Crippen molar-refractivity contribution in [3.63, 3.8) is 0 Å². The summed E-state index contributed by atoms with van der Waals surface area (Å²) in [5, 5.41) is 10.0. The second-order valence-corrected chi connectivity index (χ2v) is 3.86. The van der Waals surface area contributed by atoms with Crippen molar-refractivity contribution in [2.24, 2.45) is 5.73 Å². The molecule has 3 heteroatoms. The van der Waals surface area contributed by atoms with Crippen LogP contribution in [-0.2, 0) is 6.54 Å². The number of aromatic nitrogens is 1. The van der Waals surface area contributed by atoms with E-state index in [4.69, 9.17) is 11.0 Å². The molecule has 0 aliphatic rings. The largest absolute Gasteiger partial charge is 0.347 e. The van der Waals surface area contributed by atoms with Gasteiger partial charge in [0.05, 0.1) is 11.6 Å². The molecular weight excluding hydrogens is 198 g/mol. The van der Waals surface area contributed by atoms with Crippen LogP contribution in [0.1, 0.15) is 18.4 Å². The van der Waals surface area contributed by atoms with Gasteiger partial charge in [0, 0.05) is 23.6 Å². The van der Waals surface area contributed by atoms with Crippen molar-refractivity contribution in [2.45, 2.75) is 19.4 Å². The van der Waals surface area contributed by atoms with E-state index in [9.17, 15) is 0 Å². The molecule has 2 aromatic rings. The summed E-state index contributed by atoms with van der Waals surface area (Å²) in [4.78, 5) is 0. The van der Waals surface area contributed by atoms with Crippen molar-refractivity contribution in [1.29, 1.82) is 5.26 Å². The first-order valence-corrected chi connectivity index (χ1v) is 5.55. The molecule has 1 aromatic heterocycles. The minimum absolute atomic E-state index is 0.739. The SMILES string of the molecule is N#Cc1cccc2c1ccn2CCCCN. The fourth-order valence-corrected chi connectivity index (χ4v) is 1.94. The van der Waals surface area contributed by atoms with Crippen molar-refractivity contribution >= 4 is 10.9 Å². The molecule has 1 heterocycles. The average Bonchev–Trinajstić information content (AvgIpc) is 2.73. The molecule has 2 N–H and O–H groups in total. The summed E-state index contributed by atoms with van der Waals surface area (Å²) in [6.45, 7) is 1.71. The summed E-state index contributed by atoms with van der Waals surface area (Å²) < 4.78 is 2.19. The number of hydrogen-bond donors (Lipinski definition) is 1. The summed E-state index contributed by atoms with van der Waals surface area (Å²) in [7, 11) is 0. The van der Waals surface area contributed by atoms with E-state index in [2.05, 4.69) is 16.7 Å². The normalized spacial score (nSPS) is 10.5. The molecule has 16 heavy (non-hydrogen) atoms. The summed E-state index contributed by atoms with van der Waals surface area (Å²) >= 11 is 0. The highest BCUT2D eigenvalue weighted by atomic mass is 14.9. The Balaban J connectivity index is 2.31. The number of hydrogen-bond acceptors (Lipinski definition) is 2. The van der Waals surface area contributed by atoms with Crippen molar-refractivity contribution in [3.8, 4) is 6.07 Å². The van der Waals surface area contributed by atoms with E-state index >= 15 is 0 Å². The Hall–Kier alpha value is -1.79. The molecule has 0 saturated heterocycles. The van der Waals surface area contributed by atoms with Gasteiger partial charge < -0.3 is 10.3 Å². The molecule has 3 nitrogen and oxygen atoms in total. The van der Waals surface area contributed by atoms with Crippen LogP contribution in [0.4, 0.5) is 0 Å². The first kappa shape index (κ1) is 10.7. The number of aryl methyl sites for hydroxylation is 1.